The molecule has 1 unspecified atom stereocenters. The summed E-state index contributed by atoms with van der Waals surface area (Å²) in [5.41, 5.74) is 1.01. The summed E-state index contributed by atoms with van der Waals surface area (Å²) in [7, 11) is 0. The van der Waals surface area contributed by atoms with E-state index in [9.17, 15) is 9.90 Å². The lowest BCUT2D eigenvalue weighted by Crippen LogP contribution is -2.29. The molecule has 1 aliphatic carbocycles. The minimum Gasteiger partial charge on any atom is -0.458 e. The van der Waals surface area contributed by atoms with Crippen molar-refractivity contribution in [2.75, 3.05) is 6.54 Å². The van der Waals surface area contributed by atoms with Crippen molar-refractivity contribution < 1.29 is 14.3 Å². The molecular formula is C14H15NO3S. The zero-order valence-corrected chi connectivity index (χ0v) is 11.2. The van der Waals surface area contributed by atoms with Gasteiger partial charge in [-0.2, -0.15) is 11.3 Å². The molecular weight excluding hydrogens is 262 g/mol. The monoisotopic (exact) mass is 277 g/mol. The van der Waals surface area contributed by atoms with Crippen molar-refractivity contribution >= 4 is 17.2 Å². The molecule has 0 aromatic carbocycles. The molecule has 2 aromatic rings. The van der Waals surface area contributed by atoms with Gasteiger partial charge in [-0.05, 0) is 36.4 Å². The van der Waals surface area contributed by atoms with E-state index in [0.717, 1.165) is 24.2 Å². The van der Waals surface area contributed by atoms with E-state index in [1.165, 1.54) is 0 Å². The highest BCUT2D eigenvalue weighted by Gasteiger charge is 2.29. The van der Waals surface area contributed by atoms with Crippen LogP contribution in [0.4, 0.5) is 0 Å². The highest BCUT2D eigenvalue weighted by molar-refractivity contribution is 7.08. The number of nitrogens with one attached hydrogen (secondary N) is 1. The van der Waals surface area contributed by atoms with Crippen LogP contribution in [0.1, 0.15) is 24.7 Å². The number of aliphatic hydroxyl groups is 1. The molecule has 0 bridgehead atoms. The SMILES string of the molecule is O=C(NCC(O)c1ccc(-c2ccsc2)o1)C1CC1. The Morgan fingerprint density at radius 3 is 3.00 bits per heavy atom. The molecule has 0 aliphatic heterocycles. The van der Waals surface area contributed by atoms with E-state index < -0.39 is 6.10 Å². The first kappa shape index (κ1) is 12.4. The standard InChI is InChI=1S/C14H15NO3S/c16-11(7-15-14(17)9-1-2-9)13-4-3-12(18-13)10-5-6-19-8-10/h3-6,8-9,11,16H,1-2,7H2,(H,15,17). The molecule has 3 rings (SSSR count). The molecule has 19 heavy (non-hydrogen) atoms. The Labute approximate surface area is 115 Å². The summed E-state index contributed by atoms with van der Waals surface area (Å²) in [6, 6.07) is 5.55. The van der Waals surface area contributed by atoms with Crippen molar-refractivity contribution in [2.24, 2.45) is 5.92 Å². The minimum atomic E-state index is -0.796. The Hall–Kier alpha value is -1.59. The van der Waals surface area contributed by atoms with E-state index in [0.29, 0.717) is 5.76 Å². The lowest BCUT2D eigenvalue weighted by Gasteiger charge is -2.09. The molecule has 2 aromatic heterocycles. The van der Waals surface area contributed by atoms with Crippen molar-refractivity contribution in [3.63, 3.8) is 0 Å². The summed E-state index contributed by atoms with van der Waals surface area (Å²) in [5, 5.41) is 16.7. The van der Waals surface area contributed by atoms with E-state index in [1.807, 2.05) is 22.9 Å². The van der Waals surface area contributed by atoms with Crippen LogP contribution in [0.2, 0.25) is 0 Å². The van der Waals surface area contributed by atoms with Gasteiger partial charge in [0.05, 0.1) is 6.54 Å². The van der Waals surface area contributed by atoms with Gasteiger partial charge < -0.3 is 14.8 Å². The van der Waals surface area contributed by atoms with Crippen LogP contribution in [0.25, 0.3) is 11.3 Å². The summed E-state index contributed by atoms with van der Waals surface area (Å²) in [6.07, 6.45) is 1.13. The molecule has 0 saturated heterocycles. The molecule has 1 atom stereocenters. The number of thiophene rings is 1. The van der Waals surface area contributed by atoms with Crippen LogP contribution in [0.3, 0.4) is 0 Å². The van der Waals surface area contributed by atoms with E-state index >= 15 is 0 Å². The van der Waals surface area contributed by atoms with Gasteiger partial charge in [0.1, 0.15) is 17.6 Å². The molecule has 1 aliphatic rings. The number of hydrogen-bond donors (Lipinski definition) is 2. The van der Waals surface area contributed by atoms with Gasteiger partial charge in [0.2, 0.25) is 5.91 Å². The maximum absolute atomic E-state index is 11.5. The highest BCUT2D eigenvalue weighted by atomic mass is 32.1. The lowest BCUT2D eigenvalue weighted by molar-refractivity contribution is -0.122. The second-order valence-corrected chi connectivity index (χ2v) is 5.53. The van der Waals surface area contributed by atoms with E-state index in [-0.39, 0.29) is 18.4 Å². The Morgan fingerprint density at radius 1 is 1.47 bits per heavy atom. The summed E-state index contributed by atoms with van der Waals surface area (Å²) in [4.78, 5) is 11.5. The highest BCUT2D eigenvalue weighted by Crippen LogP contribution is 2.29. The number of hydrogen-bond acceptors (Lipinski definition) is 4. The van der Waals surface area contributed by atoms with Gasteiger partial charge in [-0.1, -0.05) is 0 Å². The normalized spacial score (nSPS) is 16.3. The van der Waals surface area contributed by atoms with Crippen LogP contribution in [0.15, 0.2) is 33.4 Å². The number of aliphatic hydroxyl groups excluding tert-OH is 1. The van der Waals surface area contributed by atoms with E-state index in [1.54, 1.807) is 17.4 Å². The fourth-order valence-corrected chi connectivity index (χ4v) is 2.52. The lowest BCUT2D eigenvalue weighted by atomic mass is 10.2. The summed E-state index contributed by atoms with van der Waals surface area (Å²) in [5.74, 6) is 1.41. The number of furan rings is 1. The minimum absolute atomic E-state index is 0.0312. The van der Waals surface area contributed by atoms with Crippen molar-refractivity contribution in [3.05, 3.63) is 34.7 Å². The number of carbonyl (C=O) groups is 1. The first-order valence-electron chi connectivity index (χ1n) is 6.32. The van der Waals surface area contributed by atoms with Crippen molar-refractivity contribution in [1.82, 2.24) is 5.32 Å². The Morgan fingerprint density at radius 2 is 2.32 bits per heavy atom. The van der Waals surface area contributed by atoms with Crippen molar-refractivity contribution in [1.29, 1.82) is 0 Å². The predicted octanol–water partition coefficient (Wildman–Crippen LogP) is 2.57. The van der Waals surface area contributed by atoms with Crippen LogP contribution in [0.5, 0.6) is 0 Å². The van der Waals surface area contributed by atoms with Crippen LogP contribution < -0.4 is 5.32 Å². The van der Waals surface area contributed by atoms with E-state index in [2.05, 4.69) is 5.32 Å². The van der Waals surface area contributed by atoms with Crippen LogP contribution in [-0.4, -0.2) is 17.6 Å². The Kier molecular flexibility index (Phi) is 3.40. The third-order valence-corrected chi connectivity index (χ3v) is 3.86. The number of amides is 1. The molecule has 2 N–H and O–H groups in total. The van der Waals surface area contributed by atoms with Gasteiger partial charge in [0.15, 0.2) is 0 Å². The summed E-state index contributed by atoms with van der Waals surface area (Å²) < 4.78 is 5.60. The first-order valence-corrected chi connectivity index (χ1v) is 7.26. The number of rotatable bonds is 5. The van der Waals surface area contributed by atoms with Gasteiger partial charge >= 0.3 is 0 Å². The van der Waals surface area contributed by atoms with Crippen LogP contribution in [-0.2, 0) is 4.79 Å². The van der Waals surface area contributed by atoms with Crippen molar-refractivity contribution in [3.8, 4) is 11.3 Å². The molecule has 1 fully saturated rings. The third-order valence-electron chi connectivity index (χ3n) is 3.18. The summed E-state index contributed by atoms with van der Waals surface area (Å²) in [6.45, 7) is 0.200. The zero-order valence-electron chi connectivity index (χ0n) is 10.3. The molecule has 0 spiro atoms. The Balaban J connectivity index is 1.60. The van der Waals surface area contributed by atoms with Crippen LogP contribution in [0, 0.1) is 5.92 Å². The summed E-state index contributed by atoms with van der Waals surface area (Å²) >= 11 is 1.60. The molecule has 5 heteroatoms. The average molecular weight is 277 g/mol. The van der Waals surface area contributed by atoms with Gasteiger partial charge in [-0.25, -0.2) is 0 Å². The van der Waals surface area contributed by atoms with Gasteiger partial charge in [0, 0.05) is 16.9 Å². The molecule has 100 valence electrons. The second-order valence-electron chi connectivity index (χ2n) is 4.75. The fraction of sp³-hybridized carbons (Fsp3) is 0.357. The van der Waals surface area contributed by atoms with Gasteiger partial charge in [-0.15, -0.1) is 0 Å². The maximum atomic E-state index is 11.5. The fourth-order valence-electron chi connectivity index (χ4n) is 1.88. The predicted molar refractivity (Wildman–Crippen MR) is 72.7 cm³/mol. The average Bonchev–Trinajstić information content (AvgIpc) is 2.94. The Bertz CT molecular complexity index is 557. The maximum Gasteiger partial charge on any atom is 0.223 e. The molecule has 1 amide bonds. The molecule has 0 radical (unpaired) electrons. The quantitative estimate of drug-likeness (QED) is 0.883. The smallest absolute Gasteiger partial charge is 0.223 e. The largest absolute Gasteiger partial charge is 0.458 e. The molecule has 1 saturated carbocycles. The van der Waals surface area contributed by atoms with Crippen molar-refractivity contribution in [2.45, 2.75) is 18.9 Å². The number of carbonyl (C=O) groups excluding carboxylic acids is 1. The zero-order chi connectivity index (χ0) is 13.2. The first-order chi connectivity index (χ1) is 9.24. The van der Waals surface area contributed by atoms with Crippen LogP contribution >= 0.6 is 11.3 Å². The van der Waals surface area contributed by atoms with Gasteiger partial charge in [-0.3, -0.25) is 4.79 Å². The second kappa shape index (κ2) is 5.19. The topological polar surface area (TPSA) is 62.5 Å². The van der Waals surface area contributed by atoms with Gasteiger partial charge in [0.25, 0.3) is 0 Å². The third kappa shape index (κ3) is 2.88. The molecule has 4 nitrogen and oxygen atoms in total. The molecule has 2 heterocycles. The van der Waals surface area contributed by atoms with E-state index in [4.69, 9.17) is 4.42 Å².